The number of para-hydroxylation sites is 1. The minimum Gasteiger partial charge on any atom is -0.385 e. The number of carbonyl (C=O) groups excluding carboxylic acids is 4. The molecule has 0 saturated heterocycles. The summed E-state index contributed by atoms with van der Waals surface area (Å²) in [5.74, 6) is -2.18. The molecule has 10 heteroatoms. The number of anilines is 1. The smallest absolute Gasteiger partial charge is 0.279 e. The van der Waals surface area contributed by atoms with Crippen molar-refractivity contribution < 1.29 is 24.0 Å². The fourth-order valence-corrected chi connectivity index (χ4v) is 3.34. The largest absolute Gasteiger partial charge is 0.385 e. The van der Waals surface area contributed by atoms with E-state index in [1.807, 2.05) is 30.3 Å². The molecular weight excluding hydrogens is 486 g/mol. The predicted molar refractivity (Wildman–Crippen MR) is 143 cm³/mol. The highest BCUT2D eigenvalue weighted by Gasteiger charge is 2.22. The van der Waals surface area contributed by atoms with Gasteiger partial charge in [-0.2, -0.15) is 0 Å². The van der Waals surface area contributed by atoms with E-state index in [1.54, 1.807) is 62.4 Å². The monoisotopic (exact) mass is 515 g/mol. The zero-order valence-corrected chi connectivity index (χ0v) is 21.1. The summed E-state index contributed by atoms with van der Waals surface area (Å²) in [6.45, 7) is 3.04. The molecule has 4 amide bonds. The highest BCUT2D eigenvalue weighted by atomic mass is 16.6. The van der Waals surface area contributed by atoms with Crippen LogP contribution in [0, 0.1) is 0 Å². The third kappa shape index (κ3) is 8.02. The number of benzene rings is 3. The first kappa shape index (κ1) is 27.6. The molecule has 0 aliphatic rings. The third-order valence-electron chi connectivity index (χ3n) is 5.40. The number of hydrazine groups is 1. The molecule has 3 aromatic rings. The van der Waals surface area contributed by atoms with Gasteiger partial charge in [0.2, 0.25) is 0 Å². The van der Waals surface area contributed by atoms with E-state index in [0.717, 1.165) is 5.56 Å². The van der Waals surface area contributed by atoms with Gasteiger partial charge in [0.05, 0.1) is 17.0 Å². The molecule has 0 saturated carbocycles. The highest BCUT2D eigenvalue weighted by Crippen LogP contribution is 2.17. The molecule has 0 spiro atoms. The number of nitrogens with one attached hydrogen (secondary N) is 4. The normalized spacial score (nSPS) is 11.6. The Kier molecular flexibility index (Phi) is 10.1. The van der Waals surface area contributed by atoms with Gasteiger partial charge in [-0.3, -0.25) is 30.0 Å². The SMILES string of the molecule is CCC(NC(=O)c1ccccc1NC(=O)c1ccccc1)C(=O)NNC(=O)CON=C(C)c1ccccc1. The Morgan fingerprint density at radius 1 is 0.789 bits per heavy atom. The Morgan fingerprint density at radius 3 is 2.05 bits per heavy atom. The van der Waals surface area contributed by atoms with Crippen molar-refractivity contribution in [1.29, 1.82) is 0 Å². The van der Waals surface area contributed by atoms with Gasteiger partial charge in [0, 0.05) is 5.56 Å². The van der Waals surface area contributed by atoms with Crippen LogP contribution in [-0.4, -0.2) is 42.0 Å². The first-order valence-electron chi connectivity index (χ1n) is 12.0. The van der Waals surface area contributed by atoms with E-state index in [-0.39, 0.29) is 17.9 Å². The van der Waals surface area contributed by atoms with Crippen LogP contribution in [0.15, 0.2) is 90.1 Å². The summed E-state index contributed by atoms with van der Waals surface area (Å²) in [6.07, 6.45) is 0.253. The fourth-order valence-electron chi connectivity index (χ4n) is 3.34. The van der Waals surface area contributed by atoms with Crippen LogP contribution in [0.4, 0.5) is 5.69 Å². The highest BCUT2D eigenvalue weighted by molar-refractivity contribution is 6.09. The van der Waals surface area contributed by atoms with E-state index in [2.05, 4.69) is 26.6 Å². The fraction of sp³-hybridized carbons (Fsp3) is 0.179. The van der Waals surface area contributed by atoms with Gasteiger partial charge in [-0.25, -0.2) is 0 Å². The number of hydrogen-bond acceptors (Lipinski definition) is 6. The zero-order valence-electron chi connectivity index (χ0n) is 21.1. The number of oxime groups is 1. The van der Waals surface area contributed by atoms with Gasteiger partial charge >= 0.3 is 0 Å². The number of nitrogens with zero attached hydrogens (tertiary/aromatic N) is 1. The average molecular weight is 516 g/mol. The summed E-state index contributed by atoms with van der Waals surface area (Å²) >= 11 is 0. The summed E-state index contributed by atoms with van der Waals surface area (Å²) in [6, 6.07) is 23.4. The molecule has 0 aliphatic carbocycles. The average Bonchev–Trinajstić information content (AvgIpc) is 2.95. The van der Waals surface area contributed by atoms with Crippen molar-refractivity contribution >= 4 is 35.0 Å². The number of rotatable bonds is 10. The molecule has 4 N–H and O–H groups in total. The second kappa shape index (κ2) is 13.9. The van der Waals surface area contributed by atoms with Crippen molar-refractivity contribution in [2.45, 2.75) is 26.3 Å². The lowest BCUT2D eigenvalue weighted by Gasteiger charge is -2.18. The van der Waals surface area contributed by atoms with Gasteiger partial charge in [-0.1, -0.05) is 72.7 Å². The van der Waals surface area contributed by atoms with Crippen molar-refractivity contribution in [2.24, 2.45) is 5.16 Å². The van der Waals surface area contributed by atoms with E-state index in [0.29, 0.717) is 17.0 Å². The maximum atomic E-state index is 13.0. The van der Waals surface area contributed by atoms with Gasteiger partial charge in [0.25, 0.3) is 23.6 Å². The van der Waals surface area contributed by atoms with Crippen molar-refractivity contribution in [1.82, 2.24) is 16.2 Å². The van der Waals surface area contributed by atoms with Crippen molar-refractivity contribution in [3.8, 4) is 0 Å². The summed E-state index contributed by atoms with van der Waals surface area (Å²) in [7, 11) is 0. The molecule has 0 fully saturated rings. The first-order valence-corrected chi connectivity index (χ1v) is 12.0. The van der Waals surface area contributed by atoms with Crippen LogP contribution in [0.2, 0.25) is 0 Å². The Bertz CT molecular complexity index is 1300. The van der Waals surface area contributed by atoms with Crippen LogP contribution < -0.4 is 21.5 Å². The summed E-state index contributed by atoms with van der Waals surface area (Å²) in [5, 5.41) is 9.24. The van der Waals surface area contributed by atoms with Crippen molar-refractivity contribution in [3.05, 3.63) is 102 Å². The third-order valence-corrected chi connectivity index (χ3v) is 5.40. The van der Waals surface area contributed by atoms with E-state index in [4.69, 9.17) is 4.84 Å². The molecule has 0 bridgehead atoms. The quantitative estimate of drug-likeness (QED) is 0.243. The maximum absolute atomic E-state index is 13.0. The Morgan fingerprint density at radius 2 is 1.39 bits per heavy atom. The van der Waals surface area contributed by atoms with Crippen LogP contribution in [0.5, 0.6) is 0 Å². The molecule has 0 radical (unpaired) electrons. The van der Waals surface area contributed by atoms with E-state index in [9.17, 15) is 19.2 Å². The Labute approximate surface area is 220 Å². The zero-order chi connectivity index (χ0) is 27.3. The van der Waals surface area contributed by atoms with Crippen LogP contribution >= 0.6 is 0 Å². The lowest BCUT2D eigenvalue weighted by atomic mass is 10.1. The lowest BCUT2D eigenvalue weighted by Crippen LogP contribution is -2.52. The molecule has 38 heavy (non-hydrogen) atoms. The minimum absolute atomic E-state index is 0.187. The molecule has 0 aromatic heterocycles. The van der Waals surface area contributed by atoms with E-state index >= 15 is 0 Å². The van der Waals surface area contributed by atoms with Crippen LogP contribution in [0.1, 0.15) is 46.5 Å². The minimum atomic E-state index is -0.944. The summed E-state index contributed by atoms with van der Waals surface area (Å²) < 4.78 is 0. The molecule has 196 valence electrons. The molecule has 3 aromatic carbocycles. The molecule has 3 rings (SSSR count). The summed E-state index contributed by atoms with van der Waals surface area (Å²) in [4.78, 5) is 55.2. The lowest BCUT2D eigenvalue weighted by molar-refractivity contribution is -0.132. The second-order valence-electron chi connectivity index (χ2n) is 8.15. The maximum Gasteiger partial charge on any atom is 0.279 e. The number of hydrogen-bond donors (Lipinski definition) is 4. The molecule has 0 aliphatic heterocycles. The molecule has 1 unspecified atom stereocenters. The molecule has 10 nitrogen and oxygen atoms in total. The Hall–Kier alpha value is -4.99. The van der Waals surface area contributed by atoms with Crippen LogP contribution in [0.25, 0.3) is 0 Å². The predicted octanol–water partition coefficient (Wildman–Crippen LogP) is 3.04. The standard InChI is InChI=1S/C28H29N5O5/c1-3-23(28(37)32-31-25(34)18-38-33-19(2)20-12-6-4-7-13-20)29-27(36)22-16-10-11-17-24(22)30-26(35)21-14-8-5-9-15-21/h4-17,23H,3,18H2,1-2H3,(H,29,36)(H,30,35)(H,31,34)(H,32,37). The van der Waals surface area contributed by atoms with Gasteiger partial charge in [0.15, 0.2) is 6.61 Å². The number of amides is 4. The second-order valence-corrected chi connectivity index (χ2v) is 8.15. The van der Waals surface area contributed by atoms with Gasteiger partial charge < -0.3 is 15.5 Å². The first-order chi connectivity index (χ1) is 18.4. The Balaban J connectivity index is 1.52. The number of carbonyl (C=O) groups is 4. The van der Waals surface area contributed by atoms with Crippen molar-refractivity contribution in [2.75, 3.05) is 11.9 Å². The topological polar surface area (TPSA) is 138 Å². The molecule has 1 atom stereocenters. The molecule has 0 heterocycles. The van der Waals surface area contributed by atoms with Gasteiger partial charge in [-0.15, -0.1) is 0 Å². The summed E-state index contributed by atoms with van der Waals surface area (Å²) in [5.41, 5.74) is 6.88. The molecular formula is C28H29N5O5. The van der Waals surface area contributed by atoms with Gasteiger partial charge in [0.1, 0.15) is 6.04 Å². The van der Waals surface area contributed by atoms with Crippen LogP contribution in [-0.2, 0) is 14.4 Å². The van der Waals surface area contributed by atoms with Crippen LogP contribution in [0.3, 0.4) is 0 Å². The van der Waals surface area contributed by atoms with E-state index < -0.39 is 30.4 Å². The van der Waals surface area contributed by atoms with Crippen molar-refractivity contribution in [3.63, 3.8) is 0 Å². The van der Waals surface area contributed by atoms with E-state index in [1.165, 1.54) is 6.07 Å². The van der Waals surface area contributed by atoms with Gasteiger partial charge in [-0.05, 0) is 43.2 Å².